The van der Waals surface area contributed by atoms with Gasteiger partial charge in [-0.15, -0.1) is 0 Å². The van der Waals surface area contributed by atoms with Gasteiger partial charge in [-0.25, -0.2) is 0 Å². The van der Waals surface area contributed by atoms with Crippen molar-refractivity contribution >= 4 is 0 Å². The molecule has 0 atom stereocenters. The van der Waals surface area contributed by atoms with Crippen LogP contribution in [0.5, 0.6) is 0 Å². The molecule has 126 valence electrons. The van der Waals surface area contributed by atoms with Gasteiger partial charge in [-0.1, -0.05) is 91.9 Å². The van der Waals surface area contributed by atoms with Crippen LogP contribution >= 0.6 is 0 Å². The van der Waals surface area contributed by atoms with Gasteiger partial charge in [0.2, 0.25) is 0 Å². The maximum absolute atomic E-state index is 2.38. The van der Waals surface area contributed by atoms with Crippen molar-refractivity contribution < 1.29 is 0 Å². The molecule has 0 nitrogen and oxygen atoms in total. The van der Waals surface area contributed by atoms with E-state index in [-0.39, 0.29) is 5.41 Å². The van der Waals surface area contributed by atoms with Gasteiger partial charge >= 0.3 is 0 Å². The van der Waals surface area contributed by atoms with Crippen molar-refractivity contribution in [3.8, 4) is 22.3 Å². The zero-order chi connectivity index (χ0) is 17.8. The number of rotatable bonds is 0. The molecule has 0 unspecified atom stereocenters. The largest absolute Gasteiger partial charge is 0.0731 e. The van der Waals surface area contributed by atoms with E-state index in [1.54, 1.807) is 0 Å². The van der Waals surface area contributed by atoms with Crippen molar-refractivity contribution in [3.05, 3.63) is 118 Å². The first-order chi connectivity index (χ1) is 13.3. The average Bonchev–Trinajstić information content (AvgIpc) is 3.20. The molecule has 0 radical (unpaired) electrons. The quantitative estimate of drug-likeness (QED) is 0.296. The van der Waals surface area contributed by atoms with Gasteiger partial charge in [-0.05, 0) is 55.6 Å². The molecule has 0 amide bonds. The van der Waals surface area contributed by atoms with E-state index in [0.29, 0.717) is 5.92 Å². The number of benzene rings is 4. The Morgan fingerprint density at radius 3 is 1.48 bits per heavy atom. The van der Waals surface area contributed by atoms with E-state index < -0.39 is 0 Å². The van der Waals surface area contributed by atoms with Crippen LogP contribution in [0.1, 0.15) is 46.2 Å². The van der Waals surface area contributed by atoms with E-state index in [1.165, 1.54) is 55.6 Å². The molecule has 0 aliphatic heterocycles. The molecule has 27 heavy (non-hydrogen) atoms. The Bertz CT molecular complexity index is 1190. The molecule has 0 N–H and O–H groups in total. The maximum atomic E-state index is 2.38. The lowest BCUT2D eigenvalue weighted by Crippen LogP contribution is -2.32. The van der Waals surface area contributed by atoms with Crippen LogP contribution in [-0.2, 0) is 5.41 Å². The Balaban J connectivity index is 1.82. The Labute approximate surface area is 159 Å². The van der Waals surface area contributed by atoms with Crippen LogP contribution in [0, 0.1) is 0 Å². The minimum atomic E-state index is -0.141. The molecule has 3 aliphatic carbocycles. The third-order valence-electron chi connectivity index (χ3n) is 7.12. The van der Waals surface area contributed by atoms with Gasteiger partial charge in [-0.2, -0.15) is 0 Å². The van der Waals surface area contributed by atoms with E-state index in [0.717, 1.165) is 0 Å². The van der Waals surface area contributed by atoms with Crippen molar-refractivity contribution in [1.82, 2.24) is 0 Å². The molecule has 7 rings (SSSR count). The zero-order valence-corrected chi connectivity index (χ0v) is 15.2. The molecule has 4 aromatic carbocycles. The van der Waals surface area contributed by atoms with Crippen LogP contribution in [0.15, 0.2) is 84.9 Å². The van der Waals surface area contributed by atoms with Crippen LogP contribution < -0.4 is 0 Å². The molecule has 3 aliphatic rings. The number of hydrogen-bond donors (Lipinski definition) is 0. The van der Waals surface area contributed by atoms with Crippen molar-refractivity contribution in [2.75, 3.05) is 0 Å². The zero-order valence-electron chi connectivity index (χ0n) is 15.2. The molecule has 0 heteroatoms. The van der Waals surface area contributed by atoms with E-state index in [2.05, 4.69) is 91.9 Å². The van der Waals surface area contributed by atoms with Crippen LogP contribution in [0.2, 0.25) is 0 Å². The predicted octanol–water partition coefficient (Wildman–Crippen LogP) is 6.50. The lowest BCUT2D eigenvalue weighted by molar-refractivity contribution is 0.706. The summed E-state index contributed by atoms with van der Waals surface area (Å²) in [5.41, 5.74) is 14.5. The molecule has 0 saturated heterocycles. The Kier molecular flexibility index (Phi) is 2.28. The summed E-state index contributed by atoms with van der Waals surface area (Å²) in [4.78, 5) is 0. The molecule has 4 aromatic rings. The van der Waals surface area contributed by atoms with Crippen molar-refractivity contribution in [1.29, 1.82) is 0 Å². The first kappa shape index (κ1) is 14.0. The van der Waals surface area contributed by atoms with Gasteiger partial charge in [0.15, 0.2) is 0 Å². The summed E-state index contributed by atoms with van der Waals surface area (Å²) in [6.07, 6.45) is 0. The summed E-state index contributed by atoms with van der Waals surface area (Å²) in [5, 5.41) is 0. The van der Waals surface area contributed by atoms with Gasteiger partial charge < -0.3 is 0 Å². The minimum Gasteiger partial charge on any atom is -0.0619 e. The fourth-order valence-corrected chi connectivity index (χ4v) is 6.21. The summed E-state index contributed by atoms with van der Waals surface area (Å²) >= 11 is 0. The molecular weight excluding hydrogens is 324 g/mol. The van der Waals surface area contributed by atoms with Crippen molar-refractivity contribution in [2.45, 2.75) is 18.3 Å². The van der Waals surface area contributed by atoms with Crippen LogP contribution in [0.25, 0.3) is 22.3 Å². The molecule has 0 aromatic heterocycles. The highest BCUT2D eigenvalue weighted by molar-refractivity contribution is 5.97. The highest BCUT2D eigenvalue weighted by Crippen LogP contribution is 2.67. The fraction of sp³-hybridized carbons (Fsp3) is 0.111. The van der Waals surface area contributed by atoms with E-state index in [9.17, 15) is 0 Å². The van der Waals surface area contributed by atoms with Gasteiger partial charge in [0.05, 0.1) is 5.41 Å². The minimum absolute atomic E-state index is 0.141. The summed E-state index contributed by atoms with van der Waals surface area (Å²) in [7, 11) is 0. The highest BCUT2D eigenvalue weighted by atomic mass is 14.6. The van der Waals surface area contributed by atoms with Crippen molar-refractivity contribution in [3.63, 3.8) is 0 Å². The van der Waals surface area contributed by atoms with Gasteiger partial charge in [0, 0.05) is 5.92 Å². The van der Waals surface area contributed by atoms with E-state index >= 15 is 0 Å². The first-order valence-corrected chi connectivity index (χ1v) is 9.80. The average molecular weight is 342 g/mol. The Hall–Kier alpha value is -3.12. The summed E-state index contributed by atoms with van der Waals surface area (Å²) in [5.74, 6) is 0.423. The summed E-state index contributed by atoms with van der Waals surface area (Å²) in [6, 6.07) is 32.0. The second kappa shape index (κ2) is 4.40. The van der Waals surface area contributed by atoms with Crippen LogP contribution in [0.4, 0.5) is 0 Å². The second-order valence-electron chi connectivity index (χ2n) is 8.10. The van der Waals surface area contributed by atoms with Crippen LogP contribution in [0.3, 0.4) is 0 Å². The Morgan fingerprint density at radius 2 is 0.963 bits per heavy atom. The molecule has 0 heterocycles. The van der Waals surface area contributed by atoms with Gasteiger partial charge in [0.1, 0.15) is 0 Å². The van der Waals surface area contributed by atoms with E-state index in [4.69, 9.17) is 0 Å². The lowest BCUT2D eigenvalue weighted by atomic mass is 9.62. The molecular formula is C27H18. The number of hydrogen-bond acceptors (Lipinski definition) is 0. The van der Waals surface area contributed by atoms with E-state index in [1.807, 2.05) is 0 Å². The monoisotopic (exact) mass is 342 g/mol. The smallest absolute Gasteiger partial charge is 0.0619 e. The standard InChI is InChI=1S/C27H18/c1-16-17-10-6-12-21-19-8-2-4-14-23(19)27(25(17)21)24-15-5-3-9-20(24)22-13-7-11-18(16)26(22)27/h2-16H,1H3. The lowest BCUT2D eigenvalue weighted by Gasteiger charge is -2.39. The fourth-order valence-electron chi connectivity index (χ4n) is 6.21. The van der Waals surface area contributed by atoms with Crippen LogP contribution in [-0.4, -0.2) is 0 Å². The maximum Gasteiger partial charge on any atom is 0.0731 e. The molecule has 0 fully saturated rings. The normalized spacial score (nSPS) is 16.5. The predicted molar refractivity (Wildman–Crippen MR) is 110 cm³/mol. The first-order valence-electron chi connectivity index (χ1n) is 9.80. The van der Waals surface area contributed by atoms with Crippen molar-refractivity contribution in [2.24, 2.45) is 0 Å². The third-order valence-corrected chi connectivity index (χ3v) is 7.12. The number of fused-ring (bicyclic) bond motifs is 4. The third kappa shape index (κ3) is 1.32. The van der Waals surface area contributed by atoms with Gasteiger partial charge in [0.25, 0.3) is 0 Å². The topological polar surface area (TPSA) is 0 Å². The molecule has 1 spiro atoms. The van der Waals surface area contributed by atoms with Gasteiger partial charge in [-0.3, -0.25) is 0 Å². The summed E-state index contributed by atoms with van der Waals surface area (Å²) < 4.78 is 0. The SMILES string of the molecule is CC1c2cccc3c2C2(c4ccccc4-3)c3ccccc3-c3cccc1c32. The molecule has 0 bridgehead atoms. The second-order valence-corrected chi connectivity index (χ2v) is 8.10. The summed E-state index contributed by atoms with van der Waals surface area (Å²) in [6.45, 7) is 2.38. The molecule has 0 saturated carbocycles. The highest BCUT2D eigenvalue weighted by Gasteiger charge is 2.56. The Morgan fingerprint density at radius 1 is 0.519 bits per heavy atom.